The zero-order chi connectivity index (χ0) is 13.1. The summed E-state index contributed by atoms with van der Waals surface area (Å²) in [5.74, 6) is 4.58. The van der Waals surface area contributed by atoms with Gasteiger partial charge < -0.3 is 10.1 Å². The molecule has 0 saturated carbocycles. The molecule has 0 aliphatic carbocycles. The predicted octanol–water partition coefficient (Wildman–Crippen LogP) is 2.34. The molecule has 19 heavy (non-hydrogen) atoms. The first-order valence-electron chi connectivity index (χ1n) is 6.27. The molecule has 3 rings (SSSR count). The molecule has 3 heterocycles. The van der Waals surface area contributed by atoms with Crippen LogP contribution in [0.25, 0.3) is 4.96 Å². The van der Waals surface area contributed by atoms with E-state index in [1.165, 1.54) is 17.3 Å². The molecule has 104 valence electrons. The highest BCUT2D eigenvalue weighted by Crippen LogP contribution is 2.25. The van der Waals surface area contributed by atoms with E-state index in [1.807, 2.05) is 0 Å². The van der Waals surface area contributed by atoms with E-state index in [-0.39, 0.29) is 0 Å². The molecule has 7 heteroatoms. The van der Waals surface area contributed by atoms with Crippen LogP contribution >= 0.6 is 34.9 Å². The van der Waals surface area contributed by atoms with Crippen LogP contribution < -0.4 is 10.1 Å². The summed E-state index contributed by atoms with van der Waals surface area (Å²) in [4.78, 5) is 5.46. The number of nitrogens with zero attached hydrogens (tertiary/aromatic N) is 2. The highest BCUT2D eigenvalue weighted by Gasteiger charge is 2.16. The Bertz CT molecular complexity index is 533. The second-order valence-corrected chi connectivity index (χ2v) is 7.75. The highest BCUT2D eigenvalue weighted by atomic mass is 32.2. The van der Waals surface area contributed by atoms with E-state index in [2.05, 4.69) is 49.8 Å². The maximum atomic E-state index is 5.36. The predicted molar refractivity (Wildman–Crippen MR) is 84.9 cm³/mol. The number of thioether (sulfide) groups is 2. The third-order valence-corrected chi connectivity index (χ3v) is 6.67. The number of ether oxygens (including phenoxy) is 1. The van der Waals surface area contributed by atoms with Gasteiger partial charge in [-0.3, -0.25) is 4.40 Å². The lowest BCUT2D eigenvalue weighted by Crippen LogP contribution is -2.29. The number of hydrogen-bond donors (Lipinski definition) is 1. The van der Waals surface area contributed by atoms with Gasteiger partial charge in [-0.25, -0.2) is 0 Å². The maximum Gasteiger partial charge on any atom is 0.237 e. The SMILES string of the molecule is COc1nc2sccn2c1CNCC1CSCCS1. The highest BCUT2D eigenvalue weighted by molar-refractivity contribution is 8.06. The van der Waals surface area contributed by atoms with Crippen LogP contribution in [0, 0.1) is 0 Å². The van der Waals surface area contributed by atoms with Crippen molar-refractivity contribution in [1.82, 2.24) is 14.7 Å². The lowest BCUT2D eigenvalue weighted by atomic mass is 10.4. The molecule has 2 aromatic rings. The Balaban J connectivity index is 1.62. The number of thiazole rings is 1. The number of fused-ring (bicyclic) bond motifs is 1. The first kappa shape index (κ1) is 13.6. The molecular weight excluding hydrogens is 298 g/mol. The van der Waals surface area contributed by atoms with E-state index in [1.54, 1.807) is 18.4 Å². The molecule has 0 radical (unpaired) electrons. The fourth-order valence-electron chi connectivity index (χ4n) is 2.14. The van der Waals surface area contributed by atoms with Crippen LogP contribution in [0.1, 0.15) is 5.69 Å². The third-order valence-electron chi connectivity index (χ3n) is 3.07. The molecule has 0 aromatic carbocycles. The average molecular weight is 315 g/mol. The molecule has 1 aliphatic rings. The minimum absolute atomic E-state index is 0.732. The van der Waals surface area contributed by atoms with Crippen LogP contribution in [0.3, 0.4) is 0 Å². The number of methoxy groups -OCH3 is 1. The van der Waals surface area contributed by atoms with Crippen molar-refractivity contribution in [2.75, 3.05) is 30.9 Å². The Morgan fingerprint density at radius 3 is 3.26 bits per heavy atom. The van der Waals surface area contributed by atoms with Gasteiger partial charge in [0.2, 0.25) is 5.88 Å². The molecule has 1 fully saturated rings. The summed E-state index contributed by atoms with van der Waals surface area (Å²) in [6.07, 6.45) is 2.05. The summed E-state index contributed by atoms with van der Waals surface area (Å²) in [6.45, 7) is 1.86. The van der Waals surface area contributed by atoms with E-state index < -0.39 is 0 Å². The molecule has 4 nitrogen and oxygen atoms in total. The molecule has 0 bridgehead atoms. The Morgan fingerprint density at radius 2 is 2.47 bits per heavy atom. The van der Waals surface area contributed by atoms with Gasteiger partial charge in [-0.15, -0.1) is 11.3 Å². The van der Waals surface area contributed by atoms with Crippen molar-refractivity contribution < 1.29 is 4.74 Å². The second kappa shape index (κ2) is 6.39. The number of rotatable bonds is 5. The summed E-state index contributed by atoms with van der Waals surface area (Å²) < 4.78 is 7.47. The van der Waals surface area contributed by atoms with E-state index in [9.17, 15) is 0 Å². The number of imidazole rings is 1. The molecule has 0 spiro atoms. The first-order valence-corrected chi connectivity index (χ1v) is 9.35. The second-order valence-electron chi connectivity index (χ2n) is 4.32. The number of aromatic nitrogens is 2. The van der Waals surface area contributed by atoms with Gasteiger partial charge in [-0.05, 0) is 0 Å². The van der Waals surface area contributed by atoms with Crippen molar-refractivity contribution in [3.8, 4) is 5.88 Å². The van der Waals surface area contributed by atoms with Gasteiger partial charge in [0.1, 0.15) is 5.69 Å². The quantitative estimate of drug-likeness (QED) is 0.917. The van der Waals surface area contributed by atoms with Crippen molar-refractivity contribution in [2.45, 2.75) is 11.8 Å². The summed E-state index contributed by atoms with van der Waals surface area (Å²) in [5.41, 5.74) is 1.12. The van der Waals surface area contributed by atoms with E-state index >= 15 is 0 Å². The Kier molecular flexibility index (Phi) is 4.57. The van der Waals surface area contributed by atoms with Gasteiger partial charge in [0.15, 0.2) is 4.96 Å². The molecular formula is C12H17N3OS3. The van der Waals surface area contributed by atoms with Crippen LogP contribution in [0.4, 0.5) is 0 Å². The standard InChI is InChI=1S/C12H17N3OS3/c1-16-11-10(15-2-3-19-12(15)14-11)7-13-6-9-8-17-4-5-18-9/h2-3,9,13H,4-8H2,1H3. The van der Waals surface area contributed by atoms with Crippen molar-refractivity contribution >= 4 is 39.8 Å². The topological polar surface area (TPSA) is 38.6 Å². The summed E-state index contributed by atoms with van der Waals surface area (Å²) in [5, 5.41) is 6.33. The average Bonchev–Trinajstić information content (AvgIpc) is 3.02. The van der Waals surface area contributed by atoms with Gasteiger partial charge in [-0.2, -0.15) is 28.5 Å². The van der Waals surface area contributed by atoms with Gasteiger partial charge in [-0.1, -0.05) is 0 Å². The molecule has 0 amide bonds. The van der Waals surface area contributed by atoms with Crippen molar-refractivity contribution in [3.63, 3.8) is 0 Å². The van der Waals surface area contributed by atoms with E-state index in [4.69, 9.17) is 4.74 Å². The van der Waals surface area contributed by atoms with E-state index in [0.717, 1.165) is 34.9 Å². The monoisotopic (exact) mass is 315 g/mol. The molecule has 1 N–H and O–H groups in total. The molecule has 2 aromatic heterocycles. The number of nitrogens with one attached hydrogen (secondary N) is 1. The molecule has 1 atom stereocenters. The van der Waals surface area contributed by atoms with Crippen molar-refractivity contribution in [3.05, 3.63) is 17.3 Å². The third kappa shape index (κ3) is 3.04. The fourth-order valence-corrected chi connectivity index (χ4v) is 5.51. The van der Waals surface area contributed by atoms with E-state index in [0.29, 0.717) is 0 Å². The van der Waals surface area contributed by atoms with Crippen LogP contribution in [0.15, 0.2) is 11.6 Å². The Labute approximate surface area is 125 Å². The molecule has 1 aliphatic heterocycles. The minimum atomic E-state index is 0.732. The zero-order valence-corrected chi connectivity index (χ0v) is 13.2. The summed E-state index contributed by atoms with van der Waals surface area (Å²) in [6, 6.07) is 0. The smallest absolute Gasteiger partial charge is 0.237 e. The first-order chi connectivity index (χ1) is 9.38. The van der Waals surface area contributed by atoms with Gasteiger partial charge in [0.25, 0.3) is 0 Å². The van der Waals surface area contributed by atoms with Crippen molar-refractivity contribution in [1.29, 1.82) is 0 Å². The van der Waals surface area contributed by atoms with Crippen LogP contribution in [-0.4, -0.2) is 45.5 Å². The zero-order valence-electron chi connectivity index (χ0n) is 10.8. The lowest BCUT2D eigenvalue weighted by Gasteiger charge is -2.21. The summed E-state index contributed by atoms with van der Waals surface area (Å²) in [7, 11) is 1.68. The Morgan fingerprint density at radius 1 is 1.53 bits per heavy atom. The van der Waals surface area contributed by atoms with Crippen LogP contribution in [0.2, 0.25) is 0 Å². The molecule has 1 unspecified atom stereocenters. The van der Waals surface area contributed by atoms with Gasteiger partial charge in [0.05, 0.1) is 7.11 Å². The van der Waals surface area contributed by atoms with Crippen LogP contribution in [-0.2, 0) is 6.54 Å². The Hall–Kier alpha value is -0.370. The summed E-state index contributed by atoms with van der Waals surface area (Å²) >= 11 is 5.78. The molecule has 1 saturated heterocycles. The maximum absolute atomic E-state index is 5.36. The van der Waals surface area contributed by atoms with Crippen LogP contribution in [0.5, 0.6) is 5.88 Å². The van der Waals surface area contributed by atoms with Crippen molar-refractivity contribution in [2.24, 2.45) is 0 Å². The number of hydrogen-bond acceptors (Lipinski definition) is 6. The fraction of sp³-hybridized carbons (Fsp3) is 0.583. The van der Waals surface area contributed by atoms with Gasteiger partial charge in [0, 0.05) is 47.2 Å². The lowest BCUT2D eigenvalue weighted by molar-refractivity contribution is 0.393. The normalized spacial score (nSPS) is 19.9. The largest absolute Gasteiger partial charge is 0.480 e. The minimum Gasteiger partial charge on any atom is -0.480 e. The van der Waals surface area contributed by atoms with Gasteiger partial charge >= 0.3 is 0 Å².